The Bertz CT molecular complexity index is 2260. The molecular weight excluding hydrogens is 673 g/mol. The molecular formula is C40H46N6O5Si. The molecule has 5 N–H and O–H groups in total. The number of fused-ring (bicyclic) bond motifs is 2. The summed E-state index contributed by atoms with van der Waals surface area (Å²) in [4.78, 5) is 26.4. The van der Waals surface area contributed by atoms with Gasteiger partial charge in [0.2, 0.25) is 5.56 Å². The Morgan fingerprint density at radius 3 is 2.50 bits per heavy atom. The number of aryl methyl sites for hydroxylation is 2. The first kappa shape index (κ1) is 36.5. The van der Waals surface area contributed by atoms with E-state index in [0.29, 0.717) is 30.8 Å². The van der Waals surface area contributed by atoms with E-state index < -0.39 is 14.4 Å². The van der Waals surface area contributed by atoms with Crippen LogP contribution in [0.5, 0.6) is 5.75 Å². The lowest BCUT2D eigenvalue weighted by Gasteiger charge is -2.39. The zero-order valence-corrected chi connectivity index (χ0v) is 31.2. The number of hydrogen-bond acceptors (Lipinski definition) is 7. The maximum Gasteiger partial charge on any atom is 0.409 e. The van der Waals surface area contributed by atoms with Gasteiger partial charge < -0.3 is 24.9 Å². The monoisotopic (exact) mass is 718 g/mol. The molecule has 0 aliphatic carbocycles. The molecule has 1 amide bonds. The van der Waals surface area contributed by atoms with Crippen molar-refractivity contribution in [3.8, 4) is 16.9 Å². The molecule has 6 rings (SSSR count). The van der Waals surface area contributed by atoms with Gasteiger partial charge in [0.15, 0.2) is 8.32 Å². The second-order valence-corrected chi connectivity index (χ2v) is 19.5. The molecule has 2 aromatic heterocycles. The van der Waals surface area contributed by atoms with Gasteiger partial charge in [0, 0.05) is 36.7 Å². The summed E-state index contributed by atoms with van der Waals surface area (Å²) in [6, 6.07) is 28.5. The van der Waals surface area contributed by atoms with Crippen LogP contribution in [0.3, 0.4) is 0 Å². The molecule has 2 heterocycles. The quantitative estimate of drug-likeness (QED) is 0.0749. The summed E-state index contributed by atoms with van der Waals surface area (Å²) in [7, 11) is -2.21. The third kappa shape index (κ3) is 8.25. The van der Waals surface area contributed by atoms with Crippen molar-refractivity contribution in [3.05, 3.63) is 118 Å². The van der Waals surface area contributed by atoms with E-state index in [0.717, 1.165) is 57.1 Å². The van der Waals surface area contributed by atoms with Crippen molar-refractivity contribution in [1.82, 2.24) is 25.3 Å². The molecule has 0 saturated heterocycles. The summed E-state index contributed by atoms with van der Waals surface area (Å²) < 4.78 is 8.85. The number of phenols is 1. The van der Waals surface area contributed by atoms with Gasteiger partial charge in [-0.3, -0.25) is 10.1 Å². The van der Waals surface area contributed by atoms with Crippen LogP contribution < -0.4 is 16.2 Å². The van der Waals surface area contributed by atoms with Crippen molar-refractivity contribution in [1.29, 1.82) is 0 Å². The third-order valence-electron chi connectivity index (χ3n) is 9.98. The molecule has 0 bridgehead atoms. The van der Waals surface area contributed by atoms with Gasteiger partial charge in [-0.1, -0.05) is 80.6 Å². The fraction of sp³-hybridized carbons (Fsp3) is 0.300. The first-order chi connectivity index (χ1) is 24.8. The number of benzene rings is 4. The van der Waals surface area contributed by atoms with Gasteiger partial charge in [0.1, 0.15) is 11.3 Å². The van der Waals surface area contributed by atoms with Gasteiger partial charge in [-0.05, 0) is 83.6 Å². The highest BCUT2D eigenvalue weighted by Gasteiger charge is 2.39. The van der Waals surface area contributed by atoms with Gasteiger partial charge in [0.25, 0.3) is 0 Å². The molecule has 1 atom stereocenters. The lowest BCUT2D eigenvalue weighted by atomic mass is 9.99. The number of carbonyl (C=O) groups is 1. The largest absolute Gasteiger partial charge is 0.506 e. The minimum absolute atomic E-state index is 0.0172. The minimum atomic E-state index is -2.21. The summed E-state index contributed by atoms with van der Waals surface area (Å²) in [6.07, 6.45) is 0.137. The Hall–Kier alpha value is -5.30. The number of H-pyrrole nitrogens is 1. The zero-order valence-electron chi connectivity index (χ0n) is 30.2. The van der Waals surface area contributed by atoms with E-state index in [9.17, 15) is 19.8 Å². The highest BCUT2D eigenvalue weighted by Crippen LogP contribution is 2.41. The van der Waals surface area contributed by atoms with Gasteiger partial charge in [-0.25, -0.2) is 9.48 Å². The van der Waals surface area contributed by atoms with Gasteiger partial charge in [-0.2, -0.15) is 0 Å². The topological polar surface area (TPSA) is 154 Å². The van der Waals surface area contributed by atoms with Crippen molar-refractivity contribution in [2.45, 2.75) is 70.9 Å². The molecule has 0 radical (unpaired) electrons. The number of nitrogens with zero attached hydrogens (tertiary/aromatic N) is 3. The number of nitrogens with one attached hydrogen (secondary N) is 3. The maximum atomic E-state index is 12.1. The van der Waals surface area contributed by atoms with Crippen LogP contribution in [-0.4, -0.2) is 51.1 Å². The van der Waals surface area contributed by atoms with Crippen LogP contribution in [0.2, 0.25) is 18.1 Å². The van der Waals surface area contributed by atoms with Crippen LogP contribution in [0.15, 0.2) is 95.8 Å². The Morgan fingerprint density at radius 1 is 0.981 bits per heavy atom. The van der Waals surface area contributed by atoms with E-state index in [4.69, 9.17) is 4.43 Å². The molecule has 0 fully saturated rings. The van der Waals surface area contributed by atoms with Crippen molar-refractivity contribution in [2.75, 3.05) is 11.9 Å². The van der Waals surface area contributed by atoms with Gasteiger partial charge >= 0.3 is 6.09 Å². The Kier molecular flexibility index (Phi) is 10.6. The molecule has 0 unspecified atom stereocenters. The maximum absolute atomic E-state index is 12.1. The Morgan fingerprint density at radius 2 is 1.75 bits per heavy atom. The molecule has 4 aromatic carbocycles. The molecule has 0 spiro atoms. The molecule has 0 aliphatic heterocycles. The lowest BCUT2D eigenvalue weighted by molar-refractivity contribution is 0.181. The second kappa shape index (κ2) is 15.1. The fourth-order valence-electron chi connectivity index (χ4n) is 6.20. The van der Waals surface area contributed by atoms with Crippen LogP contribution in [0.1, 0.15) is 50.0 Å². The number of aromatic nitrogens is 4. The first-order valence-corrected chi connectivity index (χ1v) is 20.4. The van der Waals surface area contributed by atoms with Crippen LogP contribution in [0.25, 0.3) is 33.1 Å². The van der Waals surface area contributed by atoms with Gasteiger partial charge in [-0.15, -0.1) is 5.10 Å². The molecule has 6 aromatic rings. The van der Waals surface area contributed by atoms with E-state index in [-0.39, 0.29) is 22.5 Å². The summed E-state index contributed by atoms with van der Waals surface area (Å²) in [5, 5.41) is 35.7. The number of pyridine rings is 1. The summed E-state index contributed by atoms with van der Waals surface area (Å²) in [5.41, 5.74) is 7.23. The molecule has 270 valence electrons. The SMILES string of the molecule is CC(C)(C)[Si](C)(C)O[C@@H](CNCc1ccc2c(c1)nnn2CCCc1ccc(-c2ccccc2)c(NC(=O)O)c1)c1ccc(O)c2[nH]c(=O)ccc12. The van der Waals surface area contributed by atoms with Crippen LogP contribution in [0.4, 0.5) is 10.5 Å². The molecule has 52 heavy (non-hydrogen) atoms. The van der Waals surface area contributed by atoms with Crippen molar-refractivity contribution in [2.24, 2.45) is 0 Å². The number of phenolic OH excluding ortho intramolecular Hbond substituents is 1. The van der Waals surface area contributed by atoms with E-state index in [1.807, 2.05) is 71.4 Å². The van der Waals surface area contributed by atoms with E-state index in [1.165, 1.54) is 6.07 Å². The molecule has 12 heteroatoms. The standard InChI is InChI=1S/C40H46N6O5Si/c1-40(2,3)52(4,5)51-36(30-16-19-35(47)38-31(30)17-20-37(48)43-38)25-41-24-27-14-18-34-33(23-27)44-45-46(34)21-9-10-26-13-15-29(28-11-7-6-8-12-28)32(22-26)42-39(49)50/h6-8,11-20,22-23,36,41-42,47H,9-10,21,24-25H2,1-5H3,(H,43,48)(H,49,50)/t36-/m0/s1. The normalized spacial score (nSPS) is 12.7. The van der Waals surface area contributed by atoms with E-state index in [1.54, 1.807) is 12.1 Å². The highest BCUT2D eigenvalue weighted by atomic mass is 28.4. The number of hydrogen-bond donors (Lipinski definition) is 5. The third-order valence-corrected chi connectivity index (χ3v) is 14.5. The number of rotatable bonds is 13. The van der Waals surface area contributed by atoms with Crippen molar-refractivity contribution >= 4 is 42.0 Å². The lowest BCUT2D eigenvalue weighted by Crippen LogP contribution is -2.43. The Balaban J connectivity index is 1.12. The number of anilines is 1. The summed E-state index contributed by atoms with van der Waals surface area (Å²) in [6.45, 7) is 12.8. The zero-order chi connectivity index (χ0) is 37.0. The summed E-state index contributed by atoms with van der Waals surface area (Å²) in [5.74, 6) is 0.0245. The number of amides is 1. The van der Waals surface area contributed by atoms with Crippen molar-refractivity contribution in [3.63, 3.8) is 0 Å². The van der Waals surface area contributed by atoms with Crippen LogP contribution in [0, 0.1) is 0 Å². The van der Waals surface area contributed by atoms with E-state index >= 15 is 0 Å². The fourth-order valence-corrected chi connectivity index (χ4v) is 7.47. The first-order valence-electron chi connectivity index (χ1n) is 17.5. The van der Waals surface area contributed by atoms with Crippen LogP contribution in [-0.2, 0) is 23.9 Å². The molecule has 11 nitrogen and oxygen atoms in total. The highest BCUT2D eigenvalue weighted by molar-refractivity contribution is 6.74. The van der Waals surface area contributed by atoms with E-state index in [2.05, 4.69) is 65.9 Å². The number of aromatic hydroxyl groups is 1. The van der Waals surface area contributed by atoms with Gasteiger partial charge in [0.05, 0.1) is 22.8 Å². The molecule has 0 saturated carbocycles. The summed E-state index contributed by atoms with van der Waals surface area (Å²) >= 11 is 0. The predicted octanol–water partition coefficient (Wildman–Crippen LogP) is 8.22. The van der Waals surface area contributed by atoms with Crippen molar-refractivity contribution < 1.29 is 19.4 Å². The minimum Gasteiger partial charge on any atom is -0.506 e. The second-order valence-electron chi connectivity index (χ2n) is 14.7. The predicted molar refractivity (Wildman–Crippen MR) is 208 cm³/mol. The van der Waals surface area contributed by atoms with Crippen LogP contribution >= 0.6 is 0 Å². The average Bonchev–Trinajstić information content (AvgIpc) is 3.50. The number of aromatic amines is 1. The Labute approximate surface area is 303 Å². The average molecular weight is 719 g/mol. The smallest absolute Gasteiger partial charge is 0.409 e. The number of carboxylic acid groups (broad SMARTS) is 1. The molecule has 0 aliphatic rings.